The van der Waals surface area contributed by atoms with Crippen molar-refractivity contribution in [2.75, 3.05) is 32.0 Å². The number of rotatable bonds is 9. The highest BCUT2D eigenvalue weighted by Crippen LogP contribution is 2.02. The highest BCUT2D eigenvalue weighted by molar-refractivity contribution is 5.30. The van der Waals surface area contributed by atoms with Crippen LogP contribution in [0.15, 0.2) is 12.4 Å². The van der Waals surface area contributed by atoms with Gasteiger partial charge in [-0.05, 0) is 13.0 Å². The lowest BCUT2D eigenvalue weighted by Gasteiger charge is -2.24. The first-order valence-corrected chi connectivity index (χ1v) is 6.45. The van der Waals surface area contributed by atoms with Gasteiger partial charge in [-0.25, -0.2) is 0 Å². The molecule has 4 N–H and O–H groups in total. The minimum atomic E-state index is -0.507. The average molecular weight is 256 g/mol. The van der Waals surface area contributed by atoms with Crippen molar-refractivity contribution in [3.05, 3.63) is 12.4 Å². The Balaban J connectivity index is 2.37. The molecule has 0 fully saturated rings. The minimum Gasteiger partial charge on any atom is -0.396 e. The number of nitrogens with zero attached hydrogens (tertiary/aromatic N) is 3. The highest BCUT2D eigenvalue weighted by Gasteiger charge is 2.12. The number of aliphatic hydroxyl groups is 2. The van der Waals surface area contributed by atoms with E-state index >= 15 is 0 Å². The Hall–Kier alpha value is -1.11. The van der Waals surface area contributed by atoms with Crippen LogP contribution < -0.4 is 5.73 Å². The van der Waals surface area contributed by atoms with Crippen LogP contribution in [0.4, 0.5) is 5.69 Å². The maximum absolute atomic E-state index is 9.98. The van der Waals surface area contributed by atoms with Crippen LogP contribution in [0.2, 0.25) is 0 Å². The lowest BCUT2D eigenvalue weighted by atomic mass is 10.2. The molecule has 0 aliphatic rings. The first-order chi connectivity index (χ1) is 8.65. The zero-order valence-electron chi connectivity index (χ0n) is 11.0. The molecule has 0 saturated carbocycles. The molecule has 1 rings (SSSR count). The molecular weight excluding hydrogens is 232 g/mol. The number of unbranched alkanes of at least 4 members (excludes halogenated alkanes) is 1. The summed E-state index contributed by atoms with van der Waals surface area (Å²) in [5.74, 6) is 0. The molecule has 0 aromatic carbocycles. The van der Waals surface area contributed by atoms with Gasteiger partial charge in [0.2, 0.25) is 0 Å². The first-order valence-electron chi connectivity index (χ1n) is 6.45. The fourth-order valence-electron chi connectivity index (χ4n) is 1.87. The Labute approximate surface area is 108 Å². The Morgan fingerprint density at radius 1 is 1.50 bits per heavy atom. The quantitative estimate of drug-likeness (QED) is 0.575. The lowest BCUT2D eigenvalue weighted by Crippen LogP contribution is -2.37. The molecule has 0 amide bonds. The molecular formula is C12H24N4O2. The Morgan fingerprint density at radius 2 is 2.28 bits per heavy atom. The van der Waals surface area contributed by atoms with Gasteiger partial charge in [0.05, 0.1) is 31.1 Å². The number of nitrogen functional groups attached to an aromatic ring is 1. The van der Waals surface area contributed by atoms with Crippen LogP contribution in [0.25, 0.3) is 0 Å². The van der Waals surface area contributed by atoms with Gasteiger partial charge in [-0.1, -0.05) is 13.3 Å². The zero-order chi connectivity index (χ0) is 13.4. The summed E-state index contributed by atoms with van der Waals surface area (Å²) in [6, 6.07) is 0. The summed E-state index contributed by atoms with van der Waals surface area (Å²) in [6.07, 6.45) is 4.93. The van der Waals surface area contributed by atoms with Crippen molar-refractivity contribution in [1.29, 1.82) is 0 Å². The van der Waals surface area contributed by atoms with Crippen molar-refractivity contribution in [2.45, 2.75) is 32.4 Å². The van der Waals surface area contributed by atoms with Crippen molar-refractivity contribution in [3.8, 4) is 0 Å². The van der Waals surface area contributed by atoms with Crippen molar-refractivity contribution in [3.63, 3.8) is 0 Å². The van der Waals surface area contributed by atoms with E-state index in [0.717, 1.165) is 19.4 Å². The predicted octanol–water partition coefficient (Wildman–Crippen LogP) is -0.0794. The van der Waals surface area contributed by atoms with Gasteiger partial charge in [0, 0.05) is 19.3 Å². The number of aliphatic hydroxyl groups excluding tert-OH is 2. The van der Waals surface area contributed by atoms with Crippen LogP contribution in [0.3, 0.4) is 0 Å². The molecule has 6 nitrogen and oxygen atoms in total. The second-order valence-corrected chi connectivity index (χ2v) is 4.53. The molecule has 1 atom stereocenters. The monoisotopic (exact) mass is 256 g/mol. The summed E-state index contributed by atoms with van der Waals surface area (Å²) in [4.78, 5) is 2.07. The van der Waals surface area contributed by atoms with Crippen molar-refractivity contribution in [2.24, 2.45) is 0 Å². The van der Waals surface area contributed by atoms with E-state index in [1.807, 2.05) is 0 Å². The van der Waals surface area contributed by atoms with E-state index in [1.165, 1.54) is 0 Å². The van der Waals surface area contributed by atoms with Crippen LogP contribution in [0.5, 0.6) is 0 Å². The third-order valence-corrected chi connectivity index (χ3v) is 2.76. The summed E-state index contributed by atoms with van der Waals surface area (Å²) in [6.45, 7) is 4.70. The topological polar surface area (TPSA) is 87.5 Å². The maximum Gasteiger partial charge on any atom is 0.0862 e. The SMILES string of the molecule is CCCCN(CCO)CC(O)Cn1cc(N)cn1. The molecule has 1 aromatic rings. The van der Waals surface area contributed by atoms with Crippen LogP contribution in [-0.4, -0.2) is 57.2 Å². The Bertz CT molecular complexity index is 330. The fraction of sp³-hybridized carbons (Fsp3) is 0.750. The van der Waals surface area contributed by atoms with Crippen molar-refractivity contribution in [1.82, 2.24) is 14.7 Å². The van der Waals surface area contributed by atoms with Gasteiger partial charge >= 0.3 is 0 Å². The molecule has 0 spiro atoms. The average Bonchev–Trinajstić information content (AvgIpc) is 2.71. The predicted molar refractivity (Wildman–Crippen MR) is 71.1 cm³/mol. The molecule has 18 heavy (non-hydrogen) atoms. The van der Waals surface area contributed by atoms with E-state index in [4.69, 9.17) is 10.8 Å². The van der Waals surface area contributed by atoms with E-state index in [0.29, 0.717) is 25.3 Å². The van der Waals surface area contributed by atoms with E-state index < -0.39 is 6.10 Å². The van der Waals surface area contributed by atoms with Gasteiger partial charge in [0.15, 0.2) is 0 Å². The molecule has 1 aromatic heterocycles. The summed E-state index contributed by atoms with van der Waals surface area (Å²) < 4.78 is 1.64. The fourth-order valence-corrected chi connectivity index (χ4v) is 1.87. The smallest absolute Gasteiger partial charge is 0.0862 e. The molecule has 0 saturated heterocycles. The Kier molecular flexibility index (Phi) is 6.70. The van der Waals surface area contributed by atoms with Gasteiger partial charge in [-0.15, -0.1) is 0 Å². The van der Waals surface area contributed by atoms with Gasteiger partial charge in [0.25, 0.3) is 0 Å². The molecule has 0 bridgehead atoms. The molecule has 1 unspecified atom stereocenters. The molecule has 104 valence electrons. The lowest BCUT2D eigenvalue weighted by molar-refractivity contribution is 0.0842. The number of aromatic nitrogens is 2. The van der Waals surface area contributed by atoms with E-state index in [-0.39, 0.29) is 6.61 Å². The van der Waals surface area contributed by atoms with Crippen molar-refractivity contribution >= 4 is 5.69 Å². The summed E-state index contributed by atoms with van der Waals surface area (Å²) in [7, 11) is 0. The molecule has 0 radical (unpaired) electrons. The maximum atomic E-state index is 9.98. The summed E-state index contributed by atoms with van der Waals surface area (Å²) in [5.41, 5.74) is 6.16. The molecule has 0 aliphatic heterocycles. The van der Waals surface area contributed by atoms with Gasteiger partial charge in [-0.2, -0.15) is 5.10 Å². The molecule has 0 aliphatic carbocycles. The number of anilines is 1. The number of hydrogen-bond donors (Lipinski definition) is 3. The van der Waals surface area contributed by atoms with Gasteiger partial charge in [0.1, 0.15) is 0 Å². The summed E-state index contributed by atoms with van der Waals surface area (Å²) in [5, 5.41) is 23.0. The van der Waals surface area contributed by atoms with E-state index in [2.05, 4.69) is 16.9 Å². The van der Waals surface area contributed by atoms with E-state index in [9.17, 15) is 5.11 Å². The number of hydrogen-bond acceptors (Lipinski definition) is 5. The second-order valence-electron chi connectivity index (χ2n) is 4.53. The van der Waals surface area contributed by atoms with Crippen LogP contribution in [-0.2, 0) is 6.54 Å². The van der Waals surface area contributed by atoms with Gasteiger partial charge < -0.3 is 15.9 Å². The minimum absolute atomic E-state index is 0.116. The number of nitrogens with two attached hydrogens (primary N) is 1. The van der Waals surface area contributed by atoms with Gasteiger partial charge in [-0.3, -0.25) is 9.58 Å². The molecule has 1 heterocycles. The second kappa shape index (κ2) is 8.07. The van der Waals surface area contributed by atoms with Crippen LogP contribution in [0, 0.1) is 0 Å². The molecule has 6 heteroatoms. The third-order valence-electron chi connectivity index (χ3n) is 2.76. The van der Waals surface area contributed by atoms with Crippen LogP contribution in [0.1, 0.15) is 19.8 Å². The standard InChI is InChI=1S/C12H24N4O2/c1-2-3-4-15(5-6-17)9-12(18)10-16-8-11(13)7-14-16/h7-8,12,17-18H,2-6,9-10,13H2,1H3. The van der Waals surface area contributed by atoms with Crippen LogP contribution >= 0.6 is 0 Å². The largest absolute Gasteiger partial charge is 0.396 e. The normalized spacial score (nSPS) is 13.1. The summed E-state index contributed by atoms with van der Waals surface area (Å²) >= 11 is 0. The van der Waals surface area contributed by atoms with Crippen molar-refractivity contribution < 1.29 is 10.2 Å². The van der Waals surface area contributed by atoms with E-state index in [1.54, 1.807) is 17.1 Å². The Morgan fingerprint density at radius 3 is 2.83 bits per heavy atom. The highest BCUT2D eigenvalue weighted by atomic mass is 16.3. The first kappa shape index (κ1) is 14.9. The zero-order valence-corrected chi connectivity index (χ0v) is 11.0. The third kappa shape index (κ3) is 5.48.